The number of aromatic amines is 1. The number of hydrogen-bond donors (Lipinski definition) is 3. The van der Waals surface area contributed by atoms with Gasteiger partial charge in [0.15, 0.2) is 0 Å². The van der Waals surface area contributed by atoms with Crippen molar-refractivity contribution in [3.63, 3.8) is 0 Å². The Bertz CT molecular complexity index is 835. The Hall–Kier alpha value is -1.58. The summed E-state index contributed by atoms with van der Waals surface area (Å²) in [4.78, 5) is 35.0. The van der Waals surface area contributed by atoms with Crippen LogP contribution in [-0.2, 0) is 13.6 Å². The molecule has 0 amide bonds. The van der Waals surface area contributed by atoms with Gasteiger partial charge in [-0.1, -0.05) is 6.58 Å². The topological polar surface area (TPSA) is 131 Å². The van der Waals surface area contributed by atoms with Crippen molar-refractivity contribution in [3.8, 4) is 0 Å². The number of H-pyrrole nitrogens is 1. The first kappa shape index (κ1) is 19.7. The minimum absolute atomic E-state index is 0.0692. The zero-order chi connectivity index (χ0) is 19.0. The number of phosphoric ester groups is 1. The van der Waals surface area contributed by atoms with Gasteiger partial charge in [-0.3, -0.25) is 23.4 Å². The van der Waals surface area contributed by atoms with Gasteiger partial charge in [-0.15, -0.1) is 0 Å². The lowest BCUT2D eigenvalue weighted by Crippen LogP contribution is -2.38. The molecule has 1 aliphatic carbocycles. The smallest absolute Gasteiger partial charge is 0.392 e. The summed E-state index contributed by atoms with van der Waals surface area (Å²) in [5, 5.41) is 10.3. The first-order valence-corrected chi connectivity index (χ1v) is 8.86. The molecule has 1 aromatic rings. The largest absolute Gasteiger partial charge is 0.471 e. The lowest BCUT2D eigenvalue weighted by atomic mass is 9.83. The van der Waals surface area contributed by atoms with Gasteiger partial charge in [-0.05, 0) is 18.9 Å². The standard InChI is InChI=1S/C14H20FN2O7P/c1-8-5-17(13(20)16-12(8)19)10-4-11(18)14(6-15,9(10)2)7-24-25(21,22)23-3/h5,10-11,18H,2,4,6-7H2,1,3H3,(H,21,22)(H,16,19,20)/t10-,11-,14-/m0/s1. The van der Waals surface area contributed by atoms with E-state index >= 15 is 0 Å². The molecular weight excluding hydrogens is 358 g/mol. The van der Waals surface area contributed by atoms with Crippen molar-refractivity contribution in [2.75, 3.05) is 20.4 Å². The van der Waals surface area contributed by atoms with Crippen LogP contribution in [0.2, 0.25) is 0 Å². The molecule has 1 aliphatic rings. The summed E-state index contributed by atoms with van der Waals surface area (Å²) < 4.78 is 35.5. The highest BCUT2D eigenvalue weighted by Gasteiger charge is 2.52. The summed E-state index contributed by atoms with van der Waals surface area (Å²) in [6.07, 6.45) is -0.0865. The Morgan fingerprint density at radius 1 is 1.56 bits per heavy atom. The van der Waals surface area contributed by atoms with Crippen LogP contribution < -0.4 is 11.2 Å². The summed E-state index contributed by atoms with van der Waals surface area (Å²) >= 11 is 0. The van der Waals surface area contributed by atoms with Crippen LogP contribution in [0.1, 0.15) is 18.0 Å². The molecule has 4 atom stereocenters. The highest BCUT2D eigenvalue weighted by Crippen LogP contribution is 2.52. The molecule has 11 heteroatoms. The molecule has 3 N–H and O–H groups in total. The Balaban J connectivity index is 2.39. The van der Waals surface area contributed by atoms with E-state index in [1.807, 2.05) is 0 Å². The van der Waals surface area contributed by atoms with Crippen molar-refractivity contribution < 1.29 is 28.0 Å². The molecule has 2 rings (SSSR count). The van der Waals surface area contributed by atoms with Crippen molar-refractivity contribution in [2.24, 2.45) is 5.41 Å². The number of aryl methyl sites for hydroxylation is 1. The number of alkyl halides is 1. The second-order valence-corrected chi connectivity index (χ2v) is 7.55. The molecule has 25 heavy (non-hydrogen) atoms. The lowest BCUT2D eigenvalue weighted by Gasteiger charge is -2.31. The monoisotopic (exact) mass is 378 g/mol. The van der Waals surface area contributed by atoms with Crippen molar-refractivity contribution in [3.05, 3.63) is 44.8 Å². The van der Waals surface area contributed by atoms with E-state index in [0.717, 1.165) is 11.7 Å². The number of phosphoric acid groups is 1. The van der Waals surface area contributed by atoms with Crippen LogP contribution in [-0.4, -0.2) is 46.0 Å². The van der Waals surface area contributed by atoms with Gasteiger partial charge in [0, 0.05) is 18.9 Å². The molecule has 0 spiro atoms. The molecule has 0 saturated heterocycles. The van der Waals surface area contributed by atoms with E-state index in [0.29, 0.717) is 0 Å². The van der Waals surface area contributed by atoms with E-state index in [1.165, 1.54) is 13.1 Å². The maximum Gasteiger partial charge on any atom is 0.471 e. The van der Waals surface area contributed by atoms with E-state index in [1.54, 1.807) is 0 Å². The van der Waals surface area contributed by atoms with Crippen LogP contribution in [0.5, 0.6) is 0 Å². The number of aliphatic hydroxyl groups excluding tert-OH is 1. The van der Waals surface area contributed by atoms with Gasteiger partial charge in [-0.2, -0.15) is 0 Å². The quantitative estimate of drug-likeness (QED) is 0.483. The summed E-state index contributed by atoms with van der Waals surface area (Å²) in [6.45, 7) is 3.48. The molecule has 9 nitrogen and oxygen atoms in total. The first-order chi connectivity index (χ1) is 11.6. The number of nitrogens with zero attached hydrogens (tertiary/aromatic N) is 1. The van der Waals surface area contributed by atoms with Gasteiger partial charge in [0.2, 0.25) is 0 Å². The average molecular weight is 378 g/mol. The number of halogens is 1. The summed E-state index contributed by atoms with van der Waals surface area (Å²) in [6, 6.07) is -0.807. The van der Waals surface area contributed by atoms with E-state index in [4.69, 9.17) is 4.52 Å². The van der Waals surface area contributed by atoms with Gasteiger partial charge in [0.1, 0.15) is 6.67 Å². The van der Waals surface area contributed by atoms with Crippen LogP contribution in [0.4, 0.5) is 4.39 Å². The predicted octanol–water partition coefficient (Wildman–Crippen LogP) is 0.426. The Morgan fingerprint density at radius 3 is 2.76 bits per heavy atom. The Labute approximate surface area is 142 Å². The van der Waals surface area contributed by atoms with Crippen LogP contribution in [0.3, 0.4) is 0 Å². The molecule has 0 aromatic carbocycles. The summed E-state index contributed by atoms with van der Waals surface area (Å²) in [5.41, 5.74) is -2.58. The number of aromatic nitrogens is 2. The van der Waals surface area contributed by atoms with Gasteiger partial charge < -0.3 is 10.00 Å². The summed E-state index contributed by atoms with van der Waals surface area (Å²) in [5.74, 6) is 0. The minimum Gasteiger partial charge on any atom is -0.392 e. The maximum absolute atomic E-state index is 13.8. The van der Waals surface area contributed by atoms with Gasteiger partial charge in [0.05, 0.1) is 24.2 Å². The lowest BCUT2D eigenvalue weighted by molar-refractivity contribution is 0.00858. The number of aliphatic hydroxyl groups is 1. The van der Waals surface area contributed by atoms with Crippen LogP contribution in [0.25, 0.3) is 0 Å². The maximum atomic E-state index is 13.8. The van der Waals surface area contributed by atoms with Crippen molar-refractivity contribution in [1.82, 2.24) is 9.55 Å². The molecule has 1 saturated carbocycles. The molecule has 0 bridgehead atoms. The highest BCUT2D eigenvalue weighted by atomic mass is 31.2. The predicted molar refractivity (Wildman–Crippen MR) is 86.1 cm³/mol. The van der Waals surface area contributed by atoms with E-state index in [2.05, 4.69) is 16.1 Å². The van der Waals surface area contributed by atoms with E-state index in [9.17, 15) is 28.5 Å². The van der Waals surface area contributed by atoms with E-state index < -0.39 is 49.9 Å². The SMILES string of the molecule is C=C1[C@@H](n2cc(C)c(=O)[nH]c2=O)C[C@H](O)[C@@]1(CF)COP(=O)(O)OC. The third-order valence-electron chi connectivity index (χ3n) is 4.56. The van der Waals surface area contributed by atoms with Crippen molar-refractivity contribution in [1.29, 1.82) is 0 Å². The molecule has 1 heterocycles. The minimum atomic E-state index is -4.39. The Kier molecular flexibility index (Phi) is 5.50. The third kappa shape index (κ3) is 3.54. The zero-order valence-electron chi connectivity index (χ0n) is 13.8. The van der Waals surface area contributed by atoms with Crippen LogP contribution in [0, 0.1) is 12.3 Å². The average Bonchev–Trinajstić information content (AvgIpc) is 2.80. The number of rotatable bonds is 6. The molecular formula is C14H20FN2O7P. The third-order valence-corrected chi connectivity index (χ3v) is 5.48. The second kappa shape index (κ2) is 6.97. The van der Waals surface area contributed by atoms with E-state index in [-0.39, 0.29) is 17.6 Å². The highest BCUT2D eigenvalue weighted by molar-refractivity contribution is 7.47. The molecule has 0 radical (unpaired) electrons. The van der Waals surface area contributed by atoms with Gasteiger partial charge in [-0.25, -0.2) is 13.8 Å². The molecule has 140 valence electrons. The molecule has 1 fully saturated rings. The molecule has 1 aromatic heterocycles. The van der Waals surface area contributed by atoms with Crippen LogP contribution >= 0.6 is 7.82 Å². The first-order valence-electron chi connectivity index (χ1n) is 7.36. The molecule has 0 aliphatic heterocycles. The van der Waals surface area contributed by atoms with Gasteiger partial charge >= 0.3 is 13.5 Å². The number of hydrogen-bond acceptors (Lipinski definition) is 6. The fourth-order valence-corrected chi connectivity index (χ4v) is 3.37. The zero-order valence-corrected chi connectivity index (χ0v) is 14.7. The normalized spacial score (nSPS) is 28.9. The summed E-state index contributed by atoms with van der Waals surface area (Å²) in [7, 11) is -3.43. The van der Waals surface area contributed by atoms with Crippen molar-refractivity contribution in [2.45, 2.75) is 25.5 Å². The van der Waals surface area contributed by atoms with Crippen molar-refractivity contribution >= 4 is 7.82 Å². The fourth-order valence-electron chi connectivity index (χ4n) is 2.88. The van der Waals surface area contributed by atoms with Gasteiger partial charge in [0.25, 0.3) is 5.56 Å². The number of nitrogens with one attached hydrogen (secondary N) is 1. The fraction of sp³-hybridized carbons (Fsp3) is 0.571. The van der Waals surface area contributed by atoms with Crippen LogP contribution in [0.15, 0.2) is 27.9 Å². The second-order valence-electron chi connectivity index (χ2n) is 5.99. The molecule has 1 unspecified atom stereocenters. The Morgan fingerprint density at radius 2 is 2.20 bits per heavy atom.